The molecule has 0 aromatic heterocycles. The minimum Gasteiger partial charge on any atom is -0.296 e. The number of hydrogen-bond donors (Lipinski definition) is 0. The molecule has 1 heterocycles. The molecule has 1 aliphatic rings. The van der Waals surface area contributed by atoms with Gasteiger partial charge in [0.1, 0.15) is 0 Å². The fourth-order valence-electron chi connectivity index (χ4n) is 8.40. The molecular weight excluding hydrogens is 785 g/mol. The van der Waals surface area contributed by atoms with E-state index in [2.05, 4.69) is 94.7 Å². The van der Waals surface area contributed by atoms with Crippen LogP contribution in [0, 0.1) is 13.8 Å². The van der Waals surface area contributed by atoms with Crippen LogP contribution >= 0.6 is 0 Å². The van der Waals surface area contributed by atoms with Crippen LogP contribution in [0.15, 0.2) is 180 Å². The summed E-state index contributed by atoms with van der Waals surface area (Å²) in [5.41, 5.74) is 5.44. The highest BCUT2D eigenvalue weighted by molar-refractivity contribution is 7.89. The first-order chi connectivity index (χ1) is 29.1. The van der Waals surface area contributed by atoms with Crippen molar-refractivity contribution in [3.05, 3.63) is 203 Å². The molecule has 0 unspecified atom stereocenters. The van der Waals surface area contributed by atoms with E-state index in [-0.39, 0.29) is 29.4 Å². The molecule has 1 fully saturated rings. The van der Waals surface area contributed by atoms with Crippen LogP contribution in [0.1, 0.15) is 46.2 Å². The molecule has 60 heavy (non-hydrogen) atoms. The van der Waals surface area contributed by atoms with E-state index in [0.29, 0.717) is 52.1 Å². The summed E-state index contributed by atoms with van der Waals surface area (Å²) in [6.07, 6.45) is 1.28. The lowest BCUT2D eigenvalue weighted by atomic mass is 9.75. The van der Waals surface area contributed by atoms with Gasteiger partial charge in [-0.1, -0.05) is 157 Å². The zero-order valence-electron chi connectivity index (χ0n) is 34.7. The van der Waals surface area contributed by atoms with Gasteiger partial charge in [-0.3, -0.25) is 9.80 Å². The quantitative estimate of drug-likeness (QED) is 0.129. The summed E-state index contributed by atoms with van der Waals surface area (Å²) in [5.74, 6) is 0. The molecule has 1 aliphatic heterocycles. The molecule has 0 radical (unpaired) electrons. The van der Waals surface area contributed by atoms with Gasteiger partial charge in [0.25, 0.3) is 0 Å². The second-order valence-electron chi connectivity index (χ2n) is 15.7. The number of rotatable bonds is 10. The van der Waals surface area contributed by atoms with Crippen molar-refractivity contribution in [1.29, 1.82) is 0 Å². The van der Waals surface area contributed by atoms with E-state index in [1.165, 1.54) is 0 Å². The Hall–Kier alpha value is -4.94. The Morgan fingerprint density at radius 2 is 0.783 bits per heavy atom. The highest BCUT2D eigenvalue weighted by atomic mass is 32.2. The maximum Gasteiger partial charge on any atom is 0.243 e. The SMILES string of the molecule is Cc1ccc(S(=O)(=O)N2CCCCN(C(c3ccccc3)(c3ccccc3)c3ccccc3)CCN(S(=O)(=O)c3ccc(C)cc3)CCN(Cc3ccccc3)CC2)cc1. The lowest BCUT2D eigenvalue weighted by Crippen LogP contribution is -2.52. The van der Waals surface area contributed by atoms with Crippen molar-refractivity contribution in [1.82, 2.24) is 18.4 Å². The van der Waals surface area contributed by atoms with Gasteiger partial charge in [0, 0.05) is 52.4 Å². The van der Waals surface area contributed by atoms with Crippen LogP contribution in [0.2, 0.25) is 0 Å². The maximum atomic E-state index is 14.8. The van der Waals surface area contributed by atoms with Crippen LogP contribution in [0.4, 0.5) is 0 Å². The van der Waals surface area contributed by atoms with Crippen LogP contribution < -0.4 is 0 Å². The van der Waals surface area contributed by atoms with Gasteiger partial charge in [0.15, 0.2) is 0 Å². The fraction of sp³-hybridized carbons (Fsp3) is 0.280. The Morgan fingerprint density at radius 3 is 1.22 bits per heavy atom. The first-order valence-electron chi connectivity index (χ1n) is 20.9. The maximum absolute atomic E-state index is 14.8. The number of nitrogens with zero attached hydrogens (tertiary/aromatic N) is 4. The summed E-state index contributed by atoms with van der Waals surface area (Å²) in [7, 11) is -7.78. The topological polar surface area (TPSA) is 81.2 Å². The standard InChI is InChI=1S/C50H56N4O4S2/c1-42-25-29-48(30-26-42)59(55,56)53-34-16-15-33-52(50(45-19-9-4-10-20-45,46-21-11-5-12-22-46)47-23-13-6-14-24-47)37-40-54(60(57,58)49-31-27-43(2)28-32-49)39-36-51(35-38-53)41-44-17-7-3-8-18-44/h3-14,17-32H,15-16,33-41H2,1-2H3. The van der Waals surface area contributed by atoms with E-state index >= 15 is 0 Å². The fourth-order valence-corrected chi connectivity index (χ4v) is 11.3. The molecule has 0 bridgehead atoms. The van der Waals surface area contributed by atoms with Gasteiger partial charge >= 0.3 is 0 Å². The van der Waals surface area contributed by atoms with Crippen LogP contribution in [0.3, 0.4) is 0 Å². The van der Waals surface area contributed by atoms with Crippen molar-refractivity contribution in [2.75, 3.05) is 52.4 Å². The predicted molar refractivity (Wildman–Crippen MR) is 242 cm³/mol. The molecule has 0 atom stereocenters. The average molecular weight is 841 g/mol. The summed E-state index contributed by atoms with van der Waals surface area (Å²) >= 11 is 0. The van der Waals surface area contributed by atoms with Crippen molar-refractivity contribution in [2.45, 2.75) is 48.6 Å². The average Bonchev–Trinajstić information content (AvgIpc) is 3.27. The van der Waals surface area contributed by atoms with Crippen LogP contribution in [-0.4, -0.2) is 87.6 Å². The largest absolute Gasteiger partial charge is 0.296 e. The number of sulfonamides is 2. The van der Waals surface area contributed by atoms with Crippen LogP contribution in [0.5, 0.6) is 0 Å². The van der Waals surface area contributed by atoms with Gasteiger partial charge in [-0.15, -0.1) is 0 Å². The van der Waals surface area contributed by atoms with Crippen LogP contribution in [-0.2, 0) is 32.1 Å². The molecule has 0 saturated carbocycles. The van der Waals surface area contributed by atoms with E-state index in [1.807, 2.05) is 74.5 Å². The van der Waals surface area contributed by atoms with Crippen molar-refractivity contribution >= 4 is 20.0 Å². The van der Waals surface area contributed by atoms with E-state index in [0.717, 1.165) is 33.4 Å². The summed E-state index contributed by atoms with van der Waals surface area (Å²) in [6, 6.07) is 55.6. The Bertz CT molecular complexity index is 2370. The number of aryl methyl sites for hydroxylation is 2. The van der Waals surface area contributed by atoms with Crippen molar-refractivity contribution in [3.8, 4) is 0 Å². The highest BCUT2D eigenvalue weighted by Crippen LogP contribution is 2.43. The van der Waals surface area contributed by atoms with E-state index in [4.69, 9.17) is 0 Å². The minimum atomic E-state index is -3.94. The Kier molecular flexibility index (Phi) is 14.1. The molecule has 1 saturated heterocycles. The van der Waals surface area contributed by atoms with Crippen molar-refractivity contribution in [2.24, 2.45) is 0 Å². The minimum absolute atomic E-state index is 0.219. The van der Waals surface area contributed by atoms with Crippen molar-refractivity contribution in [3.63, 3.8) is 0 Å². The Labute approximate surface area is 357 Å². The monoisotopic (exact) mass is 840 g/mol. The van der Waals surface area contributed by atoms with Crippen LogP contribution in [0.25, 0.3) is 0 Å². The Morgan fingerprint density at radius 1 is 0.417 bits per heavy atom. The highest BCUT2D eigenvalue weighted by Gasteiger charge is 2.42. The van der Waals surface area contributed by atoms with Gasteiger partial charge in [0.05, 0.1) is 15.3 Å². The third-order valence-electron chi connectivity index (χ3n) is 11.7. The van der Waals surface area contributed by atoms with E-state index < -0.39 is 25.6 Å². The van der Waals surface area contributed by atoms with Gasteiger partial charge in [0.2, 0.25) is 20.0 Å². The van der Waals surface area contributed by atoms with E-state index in [9.17, 15) is 16.8 Å². The molecule has 0 spiro atoms. The molecule has 0 aliphatic carbocycles. The molecule has 6 aromatic carbocycles. The second-order valence-corrected chi connectivity index (χ2v) is 19.6. The zero-order valence-corrected chi connectivity index (χ0v) is 36.3. The third kappa shape index (κ3) is 9.81. The number of benzene rings is 6. The molecule has 7 rings (SSSR count). The van der Waals surface area contributed by atoms with Gasteiger partial charge in [-0.25, -0.2) is 16.8 Å². The Balaban J connectivity index is 1.35. The zero-order chi connectivity index (χ0) is 42.0. The molecule has 0 N–H and O–H groups in total. The summed E-state index contributed by atoms with van der Waals surface area (Å²) in [6.45, 7) is 7.36. The third-order valence-corrected chi connectivity index (χ3v) is 15.5. The molecule has 312 valence electrons. The summed E-state index contributed by atoms with van der Waals surface area (Å²) < 4.78 is 61.9. The molecular formula is C50H56N4O4S2. The smallest absolute Gasteiger partial charge is 0.243 e. The number of hydrogen-bond acceptors (Lipinski definition) is 6. The first kappa shape index (κ1) is 43.2. The summed E-state index contributed by atoms with van der Waals surface area (Å²) in [5, 5.41) is 0. The second kappa shape index (κ2) is 19.6. The van der Waals surface area contributed by atoms with E-state index in [1.54, 1.807) is 32.9 Å². The van der Waals surface area contributed by atoms with Crippen molar-refractivity contribution < 1.29 is 16.8 Å². The molecule has 6 aromatic rings. The summed E-state index contributed by atoms with van der Waals surface area (Å²) in [4.78, 5) is 5.15. The lowest BCUT2D eigenvalue weighted by molar-refractivity contribution is 0.137. The molecule has 8 nitrogen and oxygen atoms in total. The van der Waals surface area contributed by atoms with Gasteiger partial charge < -0.3 is 0 Å². The van der Waals surface area contributed by atoms with Gasteiger partial charge in [-0.2, -0.15) is 8.61 Å². The normalized spacial score (nSPS) is 16.6. The molecule has 10 heteroatoms. The lowest BCUT2D eigenvalue weighted by Gasteiger charge is -2.46. The molecule has 0 amide bonds. The predicted octanol–water partition coefficient (Wildman–Crippen LogP) is 8.58. The first-order valence-corrected chi connectivity index (χ1v) is 23.8. The van der Waals surface area contributed by atoms with Gasteiger partial charge in [-0.05, 0) is 79.8 Å².